The maximum Gasteiger partial charge on any atom is 0.0327 e. The predicted octanol–water partition coefficient (Wildman–Crippen LogP) is 5.49. The first-order valence-electron chi connectivity index (χ1n) is 7.81. The molecule has 0 heterocycles. The van der Waals surface area contributed by atoms with E-state index in [2.05, 4.69) is 76.0 Å². The van der Waals surface area contributed by atoms with Crippen LogP contribution in [0.1, 0.15) is 45.2 Å². The summed E-state index contributed by atoms with van der Waals surface area (Å²) in [5, 5.41) is 3.40. The lowest BCUT2D eigenvalue weighted by molar-refractivity contribution is 0.688. The first-order chi connectivity index (χ1) is 10.0. The molecular weight excluding hydrogens is 254 g/mol. The molecule has 1 unspecified atom stereocenters. The lowest BCUT2D eigenvalue weighted by atomic mass is 9.88. The molecule has 0 bridgehead atoms. The van der Waals surface area contributed by atoms with Crippen LogP contribution in [0.2, 0.25) is 0 Å². The van der Waals surface area contributed by atoms with Gasteiger partial charge in [-0.05, 0) is 38.3 Å². The van der Waals surface area contributed by atoms with Crippen molar-refractivity contribution < 1.29 is 0 Å². The van der Waals surface area contributed by atoms with Gasteiger partial charge in [0.2, 0.25) is 0 Å². The Kier molecular flexibility index (Phi) is 7.01. The standard InChI is InChI=1S/C20H29N/c1-7-9-14-21-18(6)16(4)20(8-2)17(5)19-12-10-15(3)11-13-19/h7,9-13,16,21H,6,8,14H2,1-5H3/b9-7-,20-17+. The Morgan fingerprint density at radius 1 is 1.29 bits per heavy atom. The fourth-order valence-corrected chi connectivity index (χ4v) is 2.56. The van der Waals surface area contributed by atoms with Crippen LogP contribution < -0.4 is 5.32 Å². The van der Waals surface area contributed by atoms with E-state index < -0.39 is 0 Å². The van der Waals surface area contributed by atoms with E-state index in [0.29, 0.717) is 5.92 Å². The monoisotopic (exact) mass is 283 g/mol. The molecule has 114 valence electrons. The van der Waals surface area contributed by atoms with Crippen molar-refractivity contribution in [3.63, 3.8) is 0 Å². The molecule has 1 atom stereocenters. The highest BCUT2D eigenvalue weighted by Gasteiger charge is 2.14. The van der Waals surface area contributed by atoms with Gasteiger partial charge in [-0.2, -0.15) is 0 Å². The summed E-state index contributed by atoms with van der Waals surface area (Å²) >= 11 is 0. The fourth-order valence-electron chi connectivity index (χ4n) is 2.56. The van der Waals surface area contributed by atoms with Crippen molar-refractivity contribution in [3.05, 3.63) is 65.4 Å². The summed E-state index contributed by atoms with van der Waals surface area (Å²) in [4.78, 5) is 0. The van der Waals surface area contributed by atoms with Crippen LogP contribution in [-0.4, -0.2) is 6.54 Å². The summed E-state index contributed by atoms with van der Waals surface area (Å²) in [5.41, 5.74) is 6.54. The van der Waals surface area contributed by atoms with Crippen LogP contribution in [0.4, 0.5) is 0 Å². The van der Waals surface area contributed by atoms with Crippen molar-refractivity contribution in [1.82, 2.24) is 5.32 Å². The third kappa shape index (κ3) is 4.93. The van der Waals surface area contributed by atoms with Gasteiger partial charge in [-0.25, -0.2) is 0 Å². The highest BCUT2D eigenvalue weighted by molar-refractivity contribution is 5.68. The Hall–Kier alpha value is -1.76. The lowest BCUT2D eigenvalue weighted by Gasteiger charge is -2.21. The minimum atomic E-state index is 0.349. The zero-order valence-electron chi connectivity index (χ0n) is 14.2. The highest BCUT2D eigenvalue weighted by atomic mass is 14.9. The van der Waals surface area contributed by atoms with E-state index >= 15 is 0 Å². The smallest absolute Gasteiger partial charge is 0.0327 e. The van der Waals surface area contributed by atoms with Crippen molar-refractivity contribution in [2.45, 2.75) is 41.0 Å². The summed E-state index contributed by atoms with van der Waals surface area (Å²) < 4.78 is 0. The van der Waals surface area contributed by atoms with Crippen molar-refractivity contribution >= 4 is 5.57 Å². The van der Waals surface area contributed by atoms with Crippen molar-refractivity contribution in [2.24, 2.45) is 5.92 Å². The van der Waals surface area contributed by atoms with Gasteiger partial charge in [-0.1, -0.05) is 68.0 Å². The van der Waals surface area contributed by atoms with Crippen LogP contribution in [0, 0.1) is 12.8 Å². The Labute approximate surface area is 130 Å². The Morgan fingerprint density at radius 2 is 1.90 bits per heavy atom. The molecule has 0 amide bonds. The molecule has 0 radical (unpaired) electrons. The van der Waals surface area contributed by atoms with E-state index in [1.165, 1.54) is 22.3 Å². The molecule has 1 heteroatoms. The van der Waals surface area contributed by atoms with Gasteiger partial charge in [0.1, 0.15) is 0 Å². The summed E-state index contributed by atoms with van der Waals surface area (Å²) in [6, 6.07) is 8.78. The van der Waals surface area contributed by atoms with Gasteiger partial charge in [0, 0.05) is 18.2 Å². The molecule has 1 nitrogen and oxygen atoms in total. The first-order valence-corrected chi connectivity index (χ1v) is 7.81. The number of rotatable bonds is 7. The van der Waals surface area contributed by atoms with E-state index in [1.807, 2.05) is 6.92 Å². The molecule has 0 fully saturated rings. The van der Waals surface area contributed by atoms with E-state index in [1.54, 1.807) is 0 Å². The van der Waals surface area contributed by atoms with E-state index in [-0.39, 0.29) is 0 Å². The fraction of sp³-hybridized carbons (Fsp3) is 0.400. The number of allylic oxidation sites excluding steroid dienone is 3. The van der Waals surface area contributed by atoms with Crippen molar-refractivity contribution in [2.75, 3.05) is 6.54 Å². The number of benzene rings is 1. The second-order valence-corrected chi connectivity index (χ2v) is 5.57. The number of hydrogen-bond acceptors (Lipinski definition) is 1. The Bertz CT molecular complexity index is 517. The van der Waals surface area contributed by atoms with Gasteiger partial charge < -0.3 is 5.32 Å². The molecule has 1 N–H and O–H groups in total. The van der Waals surface area contributed by atoms with Crippen LogP contribution >= 0.6 is 0 Å². The van der Waals surface area contributed by atoms with Gasteiger partial charge in [-0.3, -0.25) is 0 Å². The topological polar surface area (TPSA) is 12.0 Å². The van der Waals surface area contributed by atoms with Gasteiger partial charge in [0.15, 0.2) is 0 Å². The molecule has 0 aliphatic rings. The molecule has 1 aromatic carbocycles. The average Bonchev–Trinajstić information content (AvgIpc) is 2.48. The van der Waals surface area contributed by atoms with Crippen LogP contribution in [0.3, 0.4) is 0 Å². The second-order valence-electron chi connectivity index (χ2n) is 5.57. The summed E-state index contributed by atoms with van der Waals surface area (Å²) in [5.74, 6) is 0.349. The molecule has 0 aliphatic carbocycles. The molecule has 1 rings (SSSR count). The third-order valence-electron chi connectivity index (χ3n) is 4.08. The number of aryl methyl sites for hydroxylation is 1. The summed E-state index contributed by atoms with van der Waals surface area (Å²) in [7, 11) is 0. The summed E-state index contributed by atoms with van der Waals surface area (Å²) in [6.45, 7) is 15.9. The summed E-state index contributed by atoms with van der Waals surface area (Å²) in [6.07, 6.45) is 5.21. The van der Waals surface area contributed by atoms with Crippen LogP contribution in [0.15, 0.2) is 54.3 Å². The third-order valence-corrected chi connectivity index (χ3v) is 4.08. The van der Waals surface area contributed by atoms with Crippen molar-refractivity contribution in [1.29, 1.82) is 0 Å². The van der Waals surface area contributed by atoms with Gasteiger partial charge in [0.25, 0.3) is 0 Å². The zero-order chi connectivity index (χ0) is 15.8. The first kappa shape index (κ1) is 17.3. The Morgan fingerprint density at radius 3 is 2.43 bits per heavy atom. The minimum absolute atomic E-state index is 0.349. The van der Waals surface area contributed by atoms with E-state index in [0.717, 1.165) is 18.7 Å². The number of hydrogen-bond donors (Lipinski definition) is 1. The minimum Gasteiger partial charge on any atom is -0.385 e. The van der Waals surface area contributed by atoms with Gasteiger partial charge in [0.05, 0.1) is 0 Å². The van der Waals surface area contributed by atoms with Crippen molar-refractivity contribution in [3.8, 4) is 0 Å². The SMILES string of the molecule is C=C(NC/C=C\C)C(C)/C(CC)=C(\C)c1ccc(C)cc1. The molecule has 0 saturated carbocycles. The average molecular weight is 283 g/mol. The molecule has 21 heavy (non-hydrogen) atoms. The van der Waals surface area contributed by atoms with Crippen LogP contribution in [-0.2, 0) is 0 Å². The van der Waals surface area contributed by atoms with Crippen LogP contribution in [0.5, 0.6) is 0 Å². The van der Waals surface area contributed by atoms with E-state index in [9.17, 15) is 0 Å². The zero-order valence-corrected chi connectivity index (χ0v) is 14.2. The molecular formula is C20H29N. The van der Waals surface area contributed by atoms with Gasteiger partial charge >= 0.3 is 0 Å². The molecule has 0 saturated heterocycles. The van der Waals surface area contributed by atoms with Crippen LogP contribution in [0.25, 0.3) is 5.57 Å². The molecule has 0 spiro atoms. The van der Waals surface area contributed by atoms with E-state index in [4.69, 9.17) is 0 Å². The Balaban J connectivity index is 2.95. The maximum atomic E-state index is 4.21. The largest absolute Gasteiger partial charge is 0.385 e. The van der Waals surface area contributed by atoms with Gasteiger partial charge in [-0.15, -0.1) is 0 Å². The molecule has 0 aromatic heterocycles. The lowest BCUT2D eigenvalue weighted by Crippen LogP contribution is -2.19. The maximum absolute atomic E-state index is 4.21. The molecule has 0 aliphatic heterocycles. The second kappa shape index (κ2) is 8.51. The molecule has 1 aromatic rings. The highest BCUT2D eigenvalue weighted by Crippen LogP contribution is 2.29. The normalized spacial score (nSPS) is 14.0. The number of nitrogens with one attached hydrogen (secondary N) is 1. The predicted molar refractivity (Wildman–Crippen MR) is 95.2 cm³/mol. The quantitative estimate of drug-likeness (QED) is 0.652.